The maximum atomic E-state index is 10.6. The van der Waals surface area contributed by atoms with Gasteiger partial charge in [-0.2, -0.15) is 4.98 Å². The number of nitro benzene ring substituents is 1. The van der Waals surface area contributed by atoms with Crippen molar-refractivity contribution >= 4 is 22.8 Å². The zero-order valence-electron chi connectivity index (χ0n) is 9.92. The molecular formula is C12H13N3O3. The van der Waals surface area contributed by atoms with E-state index in [2.05, 4.69) is 17.2 Å². The Morgan fingerprint density at radius 3 is 2.94 bits per heavy atom. The van der Waals surface area contributed by atoms with Crippen molar-refractivity contribution in [3.8, 4) is 0 Å². The van der Waals surface area contributed by atoms with E-state index in [-0.39, 0.29) is 5.69 Å². The molecule has 0 saturated heterocycles. The summed E-state index contributed by atoms with van der Waals surface area (Å²) < 4.78 is 5.47. The number of nitrogens with one attached hydrogen (secondary N) is 1. The SMILES string of the molecule is CC1CC(Nc2nc3ccc([N+](=O)[O-])cc3o2)C1. The van der Waals surface area contributed by atoms with Crippen LogP contribution in [0.1, 0.15) is 19.8 Å². The van der Waals surface area contributed by atoms with Crippen LogP contribution in [0.3, 0.4) is 0 Å². The summed E-state index contributed by atoms with van der Waals surface area (Å²) in [5.74, 6) is 0.743. The number of nitrogens with zero attached hydrogens (tertiary/aromatic N) is 2. The highest BCUT2D eigenvalue weighted by Gasteiger charge is 2.26. The zero-order chi connectivity index (χ0) is 12.7. The predicted octanol–water partition coefficient (Wildman–Crippen LogP) is 2.95. The third-order valence-corrected chi connectivity index (χ3v) is 3.28. The topological polar surface area (TPSA) is 81.2 Å². The molecule has 0 spiro atoms. The molecule has 0 amide bonds. The van der Waals surface area contributed by atoms with E-state index in [1.807, 2.05) is 0 Å². The Balaban J connectivity index is 1.84. The first-order valence-corrected chi connectivity index (χ1v) is 5.93. The van der Waals surface area contributed by atoms with Gasteiger partial charge in [0, 0.05) is 12.1 Å². The Bertz CT molecular complexity index is 602. The molecule has 1 saturated carbocycles. The lowest BCUT2D eigenvalue weighted by molar-refractivity contribution is -0.384. The zero-order valence-corrected chi connectivity index (χ0v) is 9.92. The molecule has 6 nitrogen and oxygen atoms in total. The second-order valence-corrected chi connectivity index (χ2v) is 4.85. The average Bonchev–Trinajstić information content (AvgIpc) is 2.67. The molecule has 0 radical (unpaired) electrons. The van der Waals surface area contributed by atoms with Crippen LogP contribution in [0, 0.1) is 16.0 Å². The van der Waals surface area contributed by atoms with E-state index in [0.717, 1.165) is 18.8 Å². The summed E-state index contributed by atoms with van der Waals surface area (Å²) in [6, 6.07) is 5.29. The van der Waals surface area contributed by atoms with E-state index in [0.29, 0.717) is 23.2 Å². The van der Waals surface area contributed by atoms with Gasteiger partial charge in [0.25, 0.3) is 11.7 Å². The Labute approximate surface area is 103 Å². The van der Waals surface area contributed by atoms with Crippen molar-refractivity contribution in [2.24, 2.45) is 5.92 Å². The number of fused-ring (bicyclic) bond motifs is 1. The number of anilines is 1. The van der Waals surface area contributed by atoms with Crippen LogP contribution in [-0.4, -0.2) is 15.9 Å². The molecule has 1 aliphatic carbocycles. The number of hydrogen-bond donors (Lipinski definition) is 1. The van der Waals surface area contributed by atoms with Crippen LogP contribution in [-0.2, 0) is 0 Å². The van der Waals surface area contributed by atoms with Crippen LogP contribution in [0.2, 0.25) is 0 Å². The summed E-state index contributed by atoms with van der Waals surface area (Å²) in [5.41, 5.74) is 1.09. The van der Waals surface area contributed by atoms with Gasteiger partial charge < -0.3 is 9.73 Å². The molecule has 6 heteroatoms. The van der Waals surface area contributed by atoms with Crippen molar-refractivity contribution in [3.05, 3.63) is 28.3 Å². The molecule has 1 heterocycles. The fourth-order valence-electron chi connectivity index (χ4n) is 2.28. The molecule has 94 valence electrons. The third kappa shape index (κ3) is 1.90. The average molecular weight is 247 g/mol. The highest BCUT2D eigenvalue weighted by molar-refractivity contribution is 5.77. The fraction of sp³-hybridized carbons (Fsp3) is 0.417. The van der Waals surface area contributed by atoms with Crippen molar-refractivity contribution in [3.63, 3.8) is 0 Å². The molecule has 1 aliphatic rings. The number of oxazole rings is 1. The summed E-state index contributed by atoms with van der Waals surface area (Å²) in [5, 5.41) is 13.8. The minimum Gasteiger partial charge on any atom is -0.423 e. The van der Waals surface area contributed by atoms with Crippen LogP contribution >= 0.6 is 0 Å². The predicted molar refractivity (Wildman–Crippen MR) is 66.5 cm³/mol. The normalized spacial score (nSPS) is 22.7. The first-order valence-electron chi connectivity index (χ1n) is 5.93. The van der Waals surface area contributed by atoms with Crippen LogP contribution in [0.25, 0.3) is 11.1 Å². The highest BCUT2D eigenvalue weighted by atomic mass is 16.6. The summed E-state index contributed by atoms with van der Waals surface area (Å²) in [4.78, 5) is 14.5. The summed E-state index contributed by atoms with van der Waals surface area (Å²) >= 11 is 0. The maximum absolute atomic E-state index is 10.6. The Morgan fingerprint density at radius 1 is 1.50 bits per heavy atom. The van der Waals surface area contributed by atoms with Crippen molar-refractivity contribution < 1.29 is 9.34 Å². The molecule has 0 atom stereocenters. The van der Waals surface area contributed by atoms with Gasteiger partial charge in [0.1, 0.15) is 5.52 Å². The van der Waals surface area contributed by atoms with Crippen LogP contribution in [0.4, 0.5) is 11.7 Å². The van der Waals surface area contributed by atoms with Gasteiger partial charge in [-0.15, -0.1) is 0 Å². The maximum Gasteiger partial charge on any atom is 0.295 e. The first-order chi connectivity index (χ1) is 8.61. The third-order valence-electron chi connectivity index (χ3n) is 3.28. The Kier molecular flexibility index (Phi) is 2.43. The van der Waals surface area contributed by atoms with Gasteiger partial charge in [-0.25, -0.2) is 0 Å². The molecule has 2 aromatic rings. The molecule has 0 aliphatic heterocycles. The molecule has 1 N–H and O–H groups in total. The smallest absolute Gasteiger partial charge is 0.295 e. The Morgan fingerprint density at radius 2 is 2.28 bits per heavy atom. The Hall–Kier alpha value is -2.11. The second kappa shape index (κ2) is 3.97. The number of benzene rings is 1. The highest BCUT2D eigenvalue weighted by Crippen LogP contribution is 2.30. The van der Waals surface area contributed by atoms with Crippen LogP contribution in [0.15, 0.2) is 22.6 Å². The van der Waals surface area contributed by atoms with Crippen molar-refractivity contribution in [1.29, 1.82) is 0 Å². The van der Waals surface area contributed by atoms with Crippen molar-refractivity contribution in [2.45, 2.75) is 25.8 Å². The van der Waals surface area contributed by atoms with Crippen LogP contribution < -0.4 is 5.32 Å². The van der Waals surface area contributed by atoms with Crippen molar-refractivity contribution in [2.75, 3.05) is 5.32 Å². The number of rotatable bonds is 3. The minimum atomic E-state index is -0.442. The molecule has 1 aromatic heterocycles. The van der Waals surface area contributed by atoms with Gasteiger partial charge in [-0.05, 0) is 24.8 Å². The van der Waals surface area contributed by atoms with E-state index in [9.17, 15) is 10.1 Å². The number of nitro groups is 1. The standard InChI is InChI=1S/C12H13N3O3/c1-7-4-8(5-7)13-12-14-10-3-2-9(15(16)17)6-11(10)18-12/h2-3,6-8H,4-5H2,1H3,(H,13,14). The van der Waals surface area contributed by atoms with E-state index in [1.54, 1.807) is 6.07 Å². The lowest BCUT2D eigenvalue weighted by atomic mass is 9.82. The quantitative estimate of drug-likeness (QED) is 0.666. The number of aromatic nitrogens is 1. The van der Waals surface area contributed by atoms with Crippen LogP contribution in [0.5, 0.6) is 0 Å². The lowest BCUT2D eigenvalue weighted by Gasteiger charge is -2.32. The van der Waals surface area contributed by atoms with Crippen molar-refractivity contribution in [1.82, 2.24) is 4.98 Å². The largest absolute Gasteiger partial charge is 0.423 e. The van der Waals surface area contributed by atoms with E-state index in [1.165, 1.54) is 12.1 Å². The molecular weight excluding hydrogens is 234 g/mol. The second-order valence-electron chi connectivity index (χ2n) is 4.85. The van der Waals surface area contributed by atoms with Gasteiger partial charge in [-0.3, -0.25) is 10.1 Å². The van der Waals surface area contributed by atoms with E-state index in [4.69, 9.17) is 4.42 Å². The molecule has 1 aromatic carbocycles. The number of hydrogen-bond acceptors (Lipinski definition) is 5. The fourth-order valence-corrected chi connectivity index (χ4v) is 2.28. The van der Waals surface area contributed by atoms with E-state index < -0.39 is 4.92 Å². The summed E-state index contributed by atoms with van der Waals surface area (Å²) in [6.45, 7) is 2.20. The summed E-state index contributed by atoms with van der Waals surface area (Å²) in [7, 11) is 0. The molecule has 3 rings (SSSR count). The van der Waals surface area contributed by atoms with Gasteiger partial charge in [0.2, 0.25) is 0 Å². The van der Waals surface area contributed by atoms with Gasteiger partial charge >= 0.3 is 0 Å². The summed E-state index contributed by atoms with van der Waals surface area (Å²) in [6.07, 6.45) is 2.22. The molecule has 0 bridgehead atoms. The van der Waals surface area contributed by atoms with Gasteiger partial charge in [0.15, 0.2) is 5.58 Å². The minimum absolute atomic E-state index is 0.0162. The monoisotopic (exact) mass is 247 g/mol. The number of non-ortho nitro benzene ring substituents is 1. The molecule has 18 heavy (non-hydrogen) atoms. The van der Waals surface area contributed by atoms with Gasteiger partial charge in [0.05, 0.1) is 11.0 Å². The van der Waals surface area contributed by atoms with E-state index >= 15 is 0 Å². The first kappa shape index (κ1) is 11.0. The molecule has 1 fully saturated rings. The van der Waals surface area contributed by atoms with Gasteiger partial charge in [-0.1, -0.05) is 6.92 Å². The lowest BCUT2D eigenvalue weighted by Crippen LogP contribution is -2.33. The molecule has 0 unspecified atom stereocenters.